The Kier molecular flexibility index (Phi) is 5.96. The molecule has 0 N–H and O–H groups in total. The van der Waals surface area contributed by atoms with E-state index in [0.717, 1.165) is 50.1 Å². The van der Waals surface area contributed by atoms with Crippen molar-refractivity contribution in [1.29, 1.82) is 0 Å². The molecule has 0 saturated carbocycles. The van der Waals surface area contributed by atoms with E-state index in [-0.39, 0.29) is 0 Å². The second-order valence-electron chi connectivity index (χ2n) is 13.3. The smallest absolute Gasteiger partial charge is 0.143 e. The van der Waals surface area contributed by atoms with E-state index < -0.39 is 0 Å². The van der Waals surface area contributed by atoms with E-state index in [0.29, 0.717) is 0 Å². The van der Waals surface area contributed by atoms with Gasteiger partial charge in [-0.25, -0.2) is 0 Å². The second kappa shape index (κ2) is 10.8. The summed E-state index contributed by atoms with van der Waals surface area (Å²) < 4.78 is 8.87. The zero-order chi connectivity index (χ0) is 33.5. The van der Waals surface area contributed by atoms with E-state index in [1.807, 2.05) is 12.1 Å². The fourth-order valence-electron chi connectivity index (χ4n) is 8.27. The highest BCUT2D eigenvalue weighted by Crippen LogP contribution is 2.46. The van der Waals surface area contributed by atoms with Crippen molar-refractivity contribution < 1.29 is 4.42 Å². The normalized spacial score (nSPS) is 11.9. The summed E-state index contributed by atoms with van der Waals surface area (Å²) in [4.78, 5) is 2.41. The Morgan fingerprint density at radius 2 is 0.980 bits per heavy atom. The summed E-state index contributed by atoms with van der Waals surface area (Å²) in [6.45, 7) is 0. The van der Waals surface area contributed by atoms with Crippen LogP contribution < -0.4 is 4.90 Å². The van der Waals surface area contributed by atoms with Crippen LogP contribution in [0.1, 0.15) is 0 Å². The van der Waals surface area contributed by atoms with Gasteiger partial charge >= 0.3 is 0 Å². The van der Waals surface area contributed by atoms with Crippen molar-refractivity contribution in [3.63, 3.8) is 0 Å². The lowest BCUT2D eigenvalue weighted by molar-refractivity contribution is 0.670. The standard InChI is InChI=1S/C48H30N2O/c1-2-11-31(12-3-1)32-23-27-34(28-24-32)49(35-29-25-33(26-30-35)36-15-8-17-40-38-14-5-7-22-45(38)51-48(36)40)43-20-10-21-44-46(43)41-18-9-16-39-37-13-4-6-19-42(37)50(44)47(39)41/h1-30H. The van der Waals surface area contributed by atoms with E-state index in [2.05, 4.69) is 179 Å². The van der Waals surface area contributed by atoms with E-state index in [4.69, 9.17) is 4.42 Å². The minimum atomic E-state index is 0.910. The van der Waals surface area contributed by atoms with Crippen molar-refractivity contribution in [2.24, 2.45) is 0 Å². The maximum atomic E-state index is 6.42. The molecule has 0 bridgehead atoms. The predicted molar refractivity (Wildman–Crippen MR) is 214 cm³/mol. The molecule has 0 spiro atoms. The minimum Gasteiger partial charge on any atom is -0.455 e. The van der Waals surface area contributed by atoms with Crippen LogP contribution in [0.4, 0.5) is 17.1 Å². The molecule has 0 radical (unpaired) electrons. The van der Waals surface area contributed by atoms with Crippen molar-refractivity contribution >= 4 is 77.1 Å². The van der Waals surface area contributed by atoms with Crippen LogP contribution in [0.2, 0.25) is 0 Å². The predicted octanol–water partition coefficient (Wildman–Crippen LogP) is 13.5. The van der Waals surface area contributed by atoms with Crippen LogP contribution >= 0.6 is 0 Å². The molecule has 0 aliphatic rings. The molecule has 3 heterocycles. The fourth-order valence-corrected chi connectivity index (χ4v) is 8.27. The first-order valence-corrected chi connectivity index (χ1v) is 17.4. The molecular formula is C48H30N2O. The third kappa shape index (κ3) is 4.12. The molecule has 51 heavy (non-hydrogen) atoms. The summed E-state index contributed by atoms with van der Waals surface area (Å²) in [5.41, 5.74) is 13.5. The minimum absolute atomic E-state index is 0.910. The topological polar surface area (TPSA) is 20.8 Å². The molecule has 8 aromatic carbocycles. The lowest BCUT2D eigenvalue weighted by atomic mass is 10.0. The number of furan rings is 1. The van der Waals surface area contributed by atoms with Gasteiger partial charge in [0.05, 0.1) is 22.2 Å². The number of hydrogen-bond donors (Lipinski definition) is 0. The van der Waals surface area contributed by atoms with Gasteiger partial charge in [-0.05, 0) is 65.2 Å². The Balaban J connectivity index is 1.12. The molecule has 0 aliphatic carbocycles. The quantitative estimate of drug-likeness (QED) is 0.185. The highest BCUT2D eigenvalue weighted by Gasteiger charge is 2.23. The zero-order valence-electron chi connectivity index (χ0n) is 27.6. The van der Waals surface area contributed by atoms with Gasteiger partial charge in [0.15, 0.2) is 0 Å². The molecule has 0 fully saturated rings. The van der Waals surface area contributed by atoms with Gasteiger partial charge in [-0.3, -0.25) is 0 Å². The molecule has 238 valence electrons. The third-order valence-corrected chi connectivity index (χ3v) is 10.5. The number of nitrogens with zero attached hydrogens (tertiary/aromatic N) is 2. The second-order valence-corrected chi connectivity index (χ2v) is 13.3. The summed E-state index contributed by atoms with van der Waals surface area (Å²) in [7, 11) is 0. The lowest BCUT2D eigenvalue weighted by Crippen LogP contribution is -2.10. The number of fused-ring (bicyclic) bond motifs is 9. The molecule has 11 rings (SSSR count). The Bertz CT molecular complexity index is 3060. The van der Waals surface area contributed by atoms with Gasteiger partial charge in [-0.1, -0.05) is 133 Å². The summed E-state index contributed by atoms with van der Waals surface area (Å²) in [6, 6.07) is 65.4. The summed E-state index contributed by atoms with van der Waals surface area (Å²) >= 11 is 0. The van der Waals surface area contributed by atoms with Crippen LogP contribution in [0, 0.1) is 0 Å². The van der Waals surface area contributed by atoms with Crippen molar-refractivity contribution in [1.82, 2.24) is 4.40 Å². The van der Waals surface area contributed by atoms with Gasteiger partial charge in [0.25, 0.3) is 0 Å². The molecular weight excluding hydrogens is 621 g/mol. The molecule has 3 aromatic heterocycles. The van der Waals surface area contributed by atoms with Crippen molar-refractivity contribution in [3.8, 4) is 22.3 Å². The van der Waals surface area contributed by atoms with Gasteiger partial charge in [0.2, 0.25) is 0 Å². The van der Waals surface area contributed by atoms with Crippen LogP contribution in [0.3, 0.4) is 0 Å². The Morgan fingerprint density at radius 3 is 1.80 bits per heavy atom. The summed E-state index contributed by atoms with van der Waals surface area (Å²) in [5, 5.41) is 7.35. The number of anilines is 3. The van der Waals surface area contributed by atoms with E-state index in [9.17, 15) is 0 Å². The van der Waals surface area contributed by atoms with Gasteiger partial charge in [0, 0.05) is 49.3 Å². The van der Waals surface area contributed by atoms with Crippen LogP contribution in [0.25, 0.3) is 82.3 Å². The highest BCUT2D eigenvalue weighted by atomic mass is 16.3. The first kappa shape index (κ1) is 28.0. The SMILES string of the molecule is c1ccc(-c2ccc(N(c3ccc(-c4cccc5c4oc4ccccc45)cc3)c3cccc4c3c3cccc5c6ccccc6n4c53)cc2)cc1. The Morgan fingerprint density at radius 1 is 0.392 bits per heavy atom. The number of para-hydroxylation sites is 4. The average molecular weight is 651 g/mol. The van der Waals surface area contributed by atoms with Crippen LogP contribution in [-0.2, 0) is 0 Å². The van der Waals surface area contributed by atoms with E-state index in [1.165, 1.54) is 49.2 Å². The summed E-state index contributed by atoms with van der Waals surface area (Å²) in [5.74, 6) is 0. The lowest BCUT2D eigenvalue weighted by Gasteiger charge is -2.27. The zero-order valence-corrected chi connectivity index (χ0v) is 27.6. The number of hydrogen-bond acceptors (Lipinski definition) is 2. The molecule has 0 atom stereocenters. The summed E-state index contributed by atoms with van der Waals surface area (Å²) in [6.07, 6.45) is 0. The third-order valence-electron chi connectivity index (χ3n) is 10.5. The van der Waals surface area contributed by atoms with E-state index in [1.54, 1.807) is 0 Å². The number of aromatic nitrogens is 1. The van der Waals surface area contributed by atoms with Crippen molar-refractivity contribution in [2.45, 2.75) is 0 Å². The average Bonchev–Trinajstić information content (AvgIpc) is 3.87. The van der Waals surface area contributed by atoms with Gasteiger partial charge in [0.1, 0.15) is 11.2 Å². The molecule has 0 unspecified atom stereocenters. The van der Waals surface area contributed by atoms with Gasteiger partial charge in [-0.2, -0.15) is 0 Å². The van der Waals surface area contributed by atoms with Crippen molar-refractivity contribution in [2.75, 3.05) is 4.90 Å². The number of benzene rings is 8. The van der Waals surface area contributed by atoms with Crippen LogP contribution in [-0.4, -0.2) is 4.40 Å². The Labute approximate surface area is 294 Å². The Hall–Kier alpha value is -6.84. The molecule has 11 aromatic rings. The highest BCUT2D eigenvalue weighted by molar-refractivity contribution is 6.26. The molecule has 0 saturated heterocycles. The maximum absolute atomic E-state index is 6.42. The van der Waals surface area contributed by atoms with Gasteiger partial charge < -0.3 is 13.7 Å². The number of rotatable bonds is 5. The van der Waals surface area contributed by atoms with Gasteiger partial charge in [-0.15, -0.1) is 0 Å². The van der Waals surface area contributed by atoms with Crippen LogP contribution in [0.5, 0.6) is 0 Å². The van der Waals surface area contributed by atoms with E-state index >= 15 is 0 Å². The largest absolute Gasteiger partial charge is 0.455 e. The van der Waals surface area contributed by atoms with Crippen molar-refractivity contribution in [3.05, 3.63) is 182 Å². The monoisotopic (exact) mass is 650 g/mol. The fraction of sp³-hybridized carbons (Fsp3) is 0. The molecule has 0 amide bonds. The molecule has 0 aliphatic heterocycles. The first-order valence-electron chi connectivity index (χ1n) is 17.4. The maximum Gasteiger partial charge on any atom is 0.143 e. The first-order chi connectivity index (χ1) is 25.3. The van der Waals surface area contributed by atoms with Crippen LogP contribution in [0.15, 0.2) is 186 Å². The molecule has 3 heteroatoms. The molecule has 3 nitrogen and oxygen atoms in total.